The van der Waals surface area contributed by atoms with Gasteiger partial charge in [0.05, 0.1) is 29.8 Å². The fourth-order valence-corrected chi connectivity index (χ4v) is 6.05. The van der Waals surface area contributed by atoms with Crippen molar-refractivity contribution in [1.29, 1.82) is 0 Å². The highest BCUT2D eigenvalue weighted by Crippen LogP contribution is 2.53. The number of hydrogen-bond acceptors (Lipinski definition) is 5. The lowest BCUT2D eigenvalue weighted by atomic mass is 9.85. The predicted octanol–water partition coefficient (Wildman–Crippen LogP) is 4.36. The lowest BCUT2D eigenvalue weighted by Crippen LogP contribution is -2.46. The Morgan fingerprint density at radius 1 is 0.757 bits per heavy atom. The van der Waals surface area contributed by atoms with E-state index in [-0.39, 0.29) is 17.7 Å². The third kappa shape index (κ3) is 3.13. The minimum absolute atomic E-state index is 0.303. The van der Waals surface area contributed by atoms with Crippen molar-refractivity contribution >= 4 is 46.1 Å². The van der Waals surface area contributed by atoms with Gasteiger partial charge in [-0.05, 0) is 34.7 Å². The zero-order chi connectivity index (χ0) is 25.1. The van der Waals surface area contributed by atoms with E-state index >= 15 is 0 Å². The van der Waals surface area contributed by atoms with E-state index in [2.05, 4.69) is 10.4 Å². The van der Waals surface area contributed by atoms with E-state index in [1.165, 1.54) is 4.90 Å². The maximum absolute atomic E-state index is 14.1. The average Bonchev–Trinajstić information content (AvgIpc) is 3.41. The molecule has 0 aliphatic carbocycles. The second-order valence-corrected chi connectivity index (χ2v) is 9.56. The Bertz CT molecular complexity index is 1610. The smallest absolute Gasteiger partial charge is 0.249 e. The van der Waals surface area contributed by atoms with Crippen molar-refractivity contribution in [1.82, 2.24) is 5.01 Å². The Labute approximate surface area is 213 Å². The van der Waals surface area contributed by atoms with Gasteiger partial charge < -0.3 is 5.32 Å². The Kier molecular flexibility index (Phi) is 4.72. The van der Waals surface area contributed by atoms with Crippen LogP contribution in [0.15, 0.2) is 102 Å². The van der Waals surface area contributed by atoms with Crippen LogP contribution in [0.1, 0.15) is 17.2 Å². The first-order valence-corrected chi connectivity index (χ1v) is 12.3. The molecule has 4 atom stereocenters. The maximum atomic E-state index is 14.1. The monoisotopic (exact) mass is 486 g/mol. The summed E-state index contributed by atoms with van der Waals surface area (Å²) in [6, 6.07) is 28.6. The van der Waals surface area contributed by atoms with Crippen LogP contribution in [-0.2, 0) is 14.4 Å². The van der Waals surface area contributed by atoms with Crippen molar-refractivity contribution in [2.24, 2.45) is 16.9 Å². The second-order valence-electron chi connectivity index (χ2n) is 9.56. The van der Waals surface area contributed by atoms with E-state index in [0.29, 0.717) is 11.4 Å². The van der Waals surface area contributed by atoms with Crippen molar-refractivity contribution < 1.29 is 14.4 Å². The lowest BCUT2D eigenvalue weighted by Gasteiger charge is -2.33. The maximum Gasteiger partial charge on any atom is 0.249 e. The summed E-state index contributed by atoms with van der Waals surface area (Å²) in [4.78, 5) is 43.3. The lowest BCUT2D eigenvalue weighted by molar-refractivity contribution is -0.129. The van der Waals surface area contributed by atoms with Crippen molar-refractivity contribution in [2.75, 3.05) is 10.2 Å². The Morgan fingerprint density at radius 2 is 1.46 bits per heavy atom. The molecule has 0 unspecified atom stereocenters. The molecule has 2 fully saturated rings. The highest BCUT2D eigenvalue weighted by Gasteiger charge is 2.65. The summed E-state index contributed by atoms with van der Waals surface area (Å²) < 4.78 is 0. The predicted molar refractivity (Wildman–Crippen MR) is 141 cm³/mol. The summed E-state index contributed by atoms with van der Waals surface area (Å²) in [5, 5.41) is 10.9. The topological polar surface area (TPSA) is 82.1 Å². The number of carbonyl (C=O) groups excluding carboxylic acids is 3. The van der Waals surface area contributed by atoms with E-state index in [0.717, 1.165) is 21.9 Å². The van der Waals surface area contributed by atoms with Gasteiger partial charge in [-0.3, -0.25) is 19.4 Å². The summed E-state index contributed by atoms with van der Waals surface area (Å²) >= 11 is 0. The molecular formula is C30H22N4O3. The number of fused-ring (bicyclic) bond motifs is 6. The van der Waals surface area contributed by atoms with Gasteiger partial charge in [0.25, 0.3) is 0 Å². The third-order valence-electron chi connectivity index (χ3n) is 7.61. The molecule has 4 aromatic rings. The summed E-state index contributed by atoms with van der Waals surface area (Å²) in [7, 11) is 0. The van der Waals surface area contributed by atoms with Crippen molar-refractivity contribution in [3.63, 3.8) is 0 Å². The first kappa shape index (κ1) is 21.5. The molecule has 0 aromatic heterocycles. The number of imide groups is 1. The molecule has 3 aliphatic rings. The fourth-order valence-electron chi connectivity index (χ4n) is 6.05. The number of benzene rings is 4. The van der Waals surface area contributed by atoms with Gasteiger partial charge in [-0.2, -0.15) is 5.10 Å². The van der Waals surface area contributed by atoms with Gasteiger partial charge in [0.2, 0.25) is 17.7 Å². The van der Waals surface area contributed by atoms with Crippen LogP contribution in [0.25, 0.3) is 10.8 Å². The standard InChI is InChI=1S/C30H22N4O3/c35-28(32-20-12-2-1-3-13-20)27-25-24(26-22-15-7-5-10-19(22)17-31-34(26)27)29(36)33(30(25)37)23-16-8-11-18-9-4-6-14-21(18)23/h1-17,24-27H,(H,32,35)/t24-,25-,26-,27+/m1/s1. The number of rotatable bonds is 3. The van der Waals surface area contributed by atoms with Gasteiger partial charge in [0, 0.05) is 11.1 Å². The van der Waals surface area contributed by atoms with Crippen LogP contribution in [0.4, 0.5) is 11.4 Å². The van der Waals surface area contributed by atoms with E-state index in [1.807, 2.05) is 78.9 Å². The summed E-state index contributed by atoms with van der Waals surface area (Å²) in [5.41, 5.74) is 2.94. The third-order valence-corrected chi connectivity index (χ3v) is 7.61. The van der Waals surface area contributed by atoms with Crippen LogP contribution in [0, 0.1) is 11.8 Å². The molecule has 37 heavy (non-hydrogen) atoms. The van der Waals surface area contributed by atoms with Gasteiger partial charge in [-0.1, -0.05) is 78.9 Å². The largest absolute Gasteiger partial charge is 0.324 e. The van der Waals surface area contributed by atoms with Gasteiger partial charge in [0.1, 0.15) is 6.04 Å². The highest BCUT2D eigenvalue weighted by atomic mass is 16.2. The average molecular weight is 487 g/mol. The molecule has 0 saturated carbocycles. The number of nitrogens with one attached hydrogen (secondary N) is 1. The molecule has 0 bridgehead atoms. The molecule has 4 aromatic carbocycles. The fraction of sp³-hybridized carbons (Fsp3) is 0.133. The van der Waals surface area contributed by atoms with E-state index in [4.69, 9.17) is 0 Å². The first-order valence-electron chi connectivity index (χ1n) is 12.3. The molecule has 7 nitrogen and oxygen atoms in total. The normalized spacial score (nSPS) is 23.7. The molecule has 0 radical (unpaired) electrons. The quantitative estimate of drug-likeness (QED) is 0.437. The molecule has 3 aliphatic heterocycles. The SMILES string of the molecule is O=C(Nc1ccccc1)[C@@H]1[C@@H]2C(=O)N(c3cccc4ccccc34)C(=O)[C@H]2[C@H]2c3ccccc3C=NN12. The summed E-state index contributed by atoms with van der Waals surface area (Å²) in [5.74, 6) is -2.65. The van der Waals surface area contributed by atoms with E-state index in [1.54, 1.807) is 29.4 Å². The molecule has 3 heterocycles. The highest BCUT2D eigenvalue weighted by molar-refractivity contribution is 6.26. The Hall–Kier alpha value is -4.78. The Balaban J connectivity index is 1.36. The van der Waals surface area contributed by atoms with E-state index in [9.17, 15) is 14.4 Å². The molecular weight excluding hydrogens is 464 g/mol. The van der Waals surface area contributed by atoms with Crippen LogP contribution in [0.5, 0.6) is 0 Å². The Morgan fingerprint density at radius 3 is 2.32 bits per heavy atom. The van der Waals surface area contributed by atoms with Gasteiger partial charge in [-0.15, -0.1) is 0 Å². The summed E-state index contributed by atoms with van der Waals surface area (Å²) in [6.45, 7) is 0. The number of hydrazone groups is 1. The van der Waals surface area contributed by atoms with Crippen LogP contribution in [0.3, 0.4) is 0 Å². The molecule has 3 amide bonds. The second kappa shape index (κ2) is 8.13. The molecule has 7 rings (SSSR count). The number of nitrogens with zero attached hydrogens (tertiary/aromatic N) is 3. The van der Waals surface area contributed by atoms with Crippen LogP contribution in [0.2, 0.25) is 0 Å². The summed E-state index contributed by atoms with van der Waals surface area (Å²) in [6.07, 6.45) is 1.70. The van der Waals surface area contributed by atoms with Crippen LogP contribution >= 0.6 is 0 Å². The molecule has 7 heteroatoms. The number of carbonyl (C=O) groups is 3. The molecule has 1 N–H and O–H groups in total. The van der Waals surface area contributed by atoms with Gasteiger partial charge in [0.15, 0.2) is 0 Å². The van der Waals surface area contributed by atoms with Crippen LogP contribution in [-0.4, -0.2) is 35.0 Å². The first-order chi connectivity index (χ1) is 18.1. The number of anilines is 2. The van der Waals surface area contributed by atoms with Crippen molar-refractivity contribution in [3.8, 4) is 0 Å². The number of hydrogen-bond donors (Lipinski definition) is 1. The molecule has 0 spiro atoms. The van der Waals surface area contributed by atoms with Crippen LogP contribution < -0.4 is 10.2 Å². The van der Waals surface area contributed by atoms with Crippen molar-refractivity contribution in [2.45, 2.75) is 12.1 Å². The zero-order valence-electron chi connectivity index (χ0n) is 19.7. The minimum Gasteiger partial charge on any atom is -0.324 e. The van der Waals surface area contributed by atoms with Gasteiger partial charge >= 0.3 is 0 Å². The van der Waals surface area contributed by atoms with Gasteiger partial charge in [-0.25, -0.2) is 4.90 Å². The zero-order valence-corrected chi connectivity index (χ0v) is 19.7. The van der Waals surface area contributed by atoms with Crippen molar-refractivity contribution in [3.05, 3.63) is 108 Å². The molecule has 180 valence electrons. The van der Waals surface area contributed by atoms with E-state index < -0.39 is 23.9 Å². The number of amides is 3. The number of para-hydroxylation sites is 1. The minimum atomic E-state index is -0.934. The molecule has 2 saturated heterocycles.